The largest absolute Gasteiger partial charge is 0.419 e. The Kier molecular flexibility index (Phi) is 4.01. The summed E-state index contributed by atoms with van der Waals surface area (Å²) in [6, 6.07) is 7.34. The van der Waals surface area contributed by atoms with Crippen molar-refractivity contribution >= 4 is 33.5 Å². The van der Waals surface area contributed by atoms with Crippen molar-refractivity contribution in [2.45, 2.75) is 26.3 Å². The van der Waals surface area contributed by atoms with Gasteiger partial charge in [0, 0.05) is 19.9 Å². The third-order valence-electron chi connectivity index (χ3n) is 3.10. The van der Waals surface area contributed by atoms with Crippen LogP contribution in [0.3, 0.4) is 0 Å². The summed E-state index contributed by atoms with van der Waals surface area (Å²) in [5.74, 6) is -0.517. The van der Waals surface area contributed by atoms with E-state index in [4.69, 9.17) is 4.42 Å². The van der Waals surface area contributed by atoms with Gasteiger partial charge in [0.2, 0.25) is 11.0 Å². The number of oxazole rings is 1. The summed E-state index contributed by atoms with van der Waals surface area (Å²) < 4.78 is 6.80. The van der Waals surface area contributed by atoms with Crippen molar-refractivity contribution in [2.24, 2.45) is 0 Å². The molecule has 0 radical (unpaired) electrons. The van der Waals surface area contributed by atoms with Crippen LogP contribution >= 0.6 is 11.3 Å². The van der Waals surface area contributed by atoms with Gasteiger partial charge in [-0.15, -0.1) is 10.2 Å². The fourth-order valence-electron chi connectivity index (χ4n) is 2.17. The fraction of sp³-hybridized carbons (Fsp3) is 0.286. The number of rotatable bonds is 5. The second-order valence-electron chi connectivity index (χ2n) is 4.77. The van der Waals surface area contributed by atoms with Crippen molar-refractivity contribution in [2.75, 3.05) is 5.32 Å². The van der Waals surface area contributed by atoms with Crippen LogP contribution in [0.25, 0.3) is 11.1 Å². The zero-order valence-corrected chi connectivity index (χ0v) is 12.7. The quantitative estimate of drug-likeness (QED) is 0.777. The van der Waals surface area contributed by atoms with Gasteiger partial charge in [0.1, 0.15) is 5.01 Å². The molecule has 0 bridgehead atoms. The van der Waals surface area contributed by atoms with Crippen molar-refractivity contribution in [3.05, 3.63) is 39.8 Å². The molecule has 0 unspecified atom stereocenters. The van der Waals surface area contributed by atoms with Crippen LogP contribution in [-0.4, -0.2) is 20.7 Å². The number of anilines is 1. The lowest BCUT2D eigenvalue weighted by Crippen LogP contribution is -2.14. The van der Waals surface area contributed by atoms with E-state index >= 15 is 0 Å². The molecular weight excluding hydrogens is 304 g/mol. The molecule has 0 aliphatic heterocycles. The van der Waals surface area contributed by atoms with Gasteiger partial charge in [-0.1, -0.05) is 23.5 Å². The van der Waals surface area contributed by atoms with E-state index in [1.54, 1.807) is 10.6 Å². The standard InChI is InChI=1S/C14H14N4O3S/c1-9(19)15-13-17-16-12(22-13)7-4-8-18-10-5-2-3-6-11(10)21-14(18)20/h2-3,5-6H,4,7-8H2,1H3,(H,15,17,19). The summed E-state index contributed by atoms with van der Waals surface area (Å²) in [4.78, 5) is 22.8. The van der Waals surface area contributed by atoms with Gasteiger partial charge in [-0.25, -0.2) is 4.79 Å². The highest BCUT2D eigenvalue weighted by Gasteiger charge is 2.09. The number of nitrogens with zero attached hydrogens (tertiary/aromatic N) is 3. The molecule has 22 heavy (non-hydrogen) atoms. The minimum Gasteiger partial charge on any atom is -0.408 e. The van der Waals surface area contributed by atoms with E-state index in [0.29, 0.717) is 23.7 Å². The molecule has 8 heteroatoms. The van der Waals surface area contributed by atoms with Gasteiger partial charge in [0.15, 0.2) is 5.58 Å². The molecule has 0 saturated heterocycles. The average Bonchev–Trinajstić information content (AvgIpc) is 3.03. The minimum atomic E-state index is -0.350. The van der Waals surface area contributed by atoms with Crippen molar-refractivity contribution in [1.82, 2.24) is 14.8 Å². The smallest absolute Gasteiger partial charge is 0.408 e. The van der Waals surface area contributed by atoms with E-state index in [1.807, 2.05) is 18.2 Å². The predicted molar refractivity (Wildman–Crippen MR) is 83.0 cm³/mol. The summed E-state index contributed by atoms with van der Waals surface area (Å²) in [5.41, 5.74) is 1.39. The second-order valence-corrected chi connectivity index (χ2v) is 5.84. The Balaban J connectivity index is 1.65. The molecule has 2 heterocycles. The number of para-hydroxylation sites is 2. The molecule has 114 valence electrons. The molecule has 3 rings (SSSR count). The fourth-order valence-corrected chi connectivity index (χ4v) is 3.00. The Morgan fingerprint density at radius 2 is 2.18 bits per heavy atom. The molecule has 0 spiro atoms. The zero-order valence-electron chi connectivity index (χ0n) is 11.9. The van der Waals surface area contributed by atoms with Crippen LogP contribution in [-0.2, 0) is 17.8 Å². The third kappa shape index (κ3) is 3.06. The Bertz CT molecular complexity index is 864. The first-order valence-corrected chi connectivity index (χ1v) is 7.63. The lowest BCUT2D eigenvalue weighted by Gasteiger charge is -2.00. The number of nitrogens with one attached hydrogen (secondary N) is 1. The van der Waals surface area contributed by atoms with Gasteiger partial charge in [-0.3, -0.25) is 9.36 Å². The lowest BCUT2D eigenvalue weighted by atomic mass is 10.3. The number of fused-ring (bicyclic) bond motifs is 1. The molecule has 1 amide bonds. The van der Waals surface area contributed by atoms with E-state index in [-0.39, 0.29) is 11.7 Å². The summed E-state index contributed by atoms with van der Waals surface area (Å²) in [6.45, 7) is 1.97. The third-order valence-corrected chi connectivity index (χ3v) is 3.99. The van der Waals surface area contributed by atoms with Crippen LogP contribution in [0.1, 0.15) is 18.4 Å². The van der Waals surface area contributed by atoms with Crippen molar-refractivity contribution in [3.63, 3.8) is 0 Å². The molecular formula is C14H14N4O3S. The van der Waals surface area contributed by atoms with Gasteiger partial charge in [-0.05, 0) is 18.6 Å². The van der Waals surface area contributed by atoms with E-state index in [2.05, 4.69) is 15.5 Å². The summed E-state index contributed by atoms with van der Waals surface area (Å²) in [6.07, 6.45) is 1.42. The summed E-state index contributed by atoms with van der Waals surface area (Å²) in [5, 5.41) is 11.8. The van der Waals surface area contributed by atoms with Gasteiger partial charge < -0.3 is 9.73 Å². The topological polar surface area (TPSA) is 90.0 Å². The van der Waals surface area contributed by atoms with E-state index in [9.17, 15) is 9.59 Å². The molecule has 0 atom stereocenters. The molecule has 1 aromatic carbocycles. The van der Waals surface area contributed by atoms with Crippen LogP contribution in [0.5, 0.6) is 0 Å². The van der Waals surface area contributed by atoms with Crippen LogP contribution < -0.4 is 11.1 Å². The molecule has 7 nitrogen and oxygen atoms in total. The molecule has 0 aliphatic rings. The van der Waals surface area contributed by atoms with Crippen LogP contribution in [0.2, 0.25) is 0 Å². The second kappa shape index (κ2) is 6.10. The number of benzene rings is 1. The highest BCUT2D eigenvalue weighted by atomic mass is 32.1. The highest BCUT2D eigenvalue weighted by Crippen LogP contribution is 2.17. The number of aromatic nitrogens is 3. The Hall–Kier alpha value is -2.48. The molecule has 0 aliphatic carbocycles. The van der Waals surface area contributed by atoms with Crippen LogP contribution in [0, 0.1) is 0 Å². The van der Waals surface area contributed by atoms with Gasteiger partial charge >= 0.3 is 5.76 Å². The highest BCUT2D eigenvalue weighted by molar-refractivity contribution is 7.15. The molecule has 1 N–H and O–H groups in total. The summed E-state index contributed by atoms with van der Waals surface area (Å²) in [7, 11) is 0. The SMILES string of the molecule is CC(=O)Nc1nnc(CCCn2c(=O)oc3ccccc32)s1. The van der Waals surface area contributed by atoms with Crippen molar-refractivity contribution in [3.8, 4) is 0 Å². The molecule has 0 saturated carbocycles. The van der Waals surface area contributed by atoms with Crippen molar-refractivity contribution < 1.29 is 9.21 Å². The van der Waals surface area contributed by atoms with Crippen molar-refractivity contribution in [1.29, 1.82) is 0 Å². The number of carbonyl (C=O) groups is 1. The molecule has 2 aromatic heterocycles. The summed E-state index contributed by atoms with van der Waals surface area (Å²) >= 11 is 1.34. The first-order chi connectivity index (χ1) is 10.6. The first kappa shape index (κ1) is 14.5. The zero-order chi connectivity index (χ0) is 15.5. The van der Waals surface area contributed by atoms with Gasteiger partial charge in [0.25, 0.3) is 0 Å². The van der Waals surface area contributed by atoms with Crippen LogP contribution in [0.4, 0.5) is 5.13 Å². The number of amides is 1. The van der Waals surface area contributed by atoms with Gasteiger partial charge in [0.05, 0.1) is 5.52 Å². The normalized spacial score (nSPS) is 11.0. The number of aryl methyl sites for hydroxylation is 2. The molecule has 0 fully saturated rings. The van der Waals surface area contributed by atoms with E-state index < -0.39 is 0 Å². The Labute approximate surface area is 129 Å². The number of hydrogen-bond donors (Lipinski definition) is 1. The predicted octanol–water partition coefficient (Wildman–Crippen LogP) is 2.04. The Morgan fingerprint density at radius 1 is 1.36 bits per heavy atom. The van der Waals surface area contributed by atoms with Gasteiger partial charge in [-0.2, -0.15) is 0 Å². The maximum absolute atomic E-state index is 11.8. The lowest BCUT2D eigenvalue weighted by molar-refractivity contribution is -0.114. The average molecular weight is 318 g/mol. The Morgan fingerprint density at radius 3 is 3.00 bits per heavy atom. The monoisotopic (exact) mass is 318 g/mol. The maximum atomic E-state index is 11.8. The van der Waals surface area contributed by atoms with E-state index in [1.165, 1.54) is 18.3 Å². The minimum absolute atomic E-state index is 0.167. The van der Waals surface area contributed by atoms with E-state index in [0.717, 1.165) is 16.9 Å². The maximum Gasteiger partial charge on any atom is 0.419 e. The number of hydrogen-bond acceptors (Lipinski definition) is 6. The number of carbonyl (C=O) groups excluding carboxylic acids is 1. The van der Waals surface area contributed by atoms with Crippen LogP contribution in [0.15, 0.2) is 33.5 Å². The molecule has 3 aromatic rings. The first-order valence-electron chi connectivity index (χ1n) is 6.82.